The van der Waals surface area contributed by atoms with Crippen LogP contribution in [-0.2, 0) is 0 Å². The zero-order valence-electron chi connectivity index (χ0n) is 12.6. The summed E-state index contributed by atoms with van der Waals surface area (Å²) in [5, 5.41) is 3.33. The molecule has 0 aromatic heterocycles. The van der Waals surface area contributed by atoms with Gasteiger partial charge in [0.1, 0.15) is 0 Å². The molecule has 20 heavy (non-hydrogen) atoms. The zero-order chi connectivity index (χ0) is 13.6. The second-order valence-electron chi connectivity index (χ2n) is 8.79. The molecule has 0 radical (unpaired) electrons. The van der Waals surface area contributed by atoms with Crippen LogP contribution in [0.2, 0.25) is 0 Å². The van der Waals surface area contributed by atoms with Crippen LogP contribution in [0.3, 0.4) is 0 Å². The summed E-state index contributed by atoms with van der Waals surface area (Å²) < 4.78 is 0. The summed E-state index contributed by atoms with van der Waals surface area (Å²) in [6.45, 7) is 9.77. The van der Waals surface area contributed by atoms with Gasteiger partial charge in [-0.1, -0.05) is 52.0 Å². The van der Waals surface area contributed by atoms with Gasteiger partial charge in [0, 0.05) is 0 Å². The van der Waals surface area contributed by atoms with E-state index in [4.69, 9.17) is 0 Å². The molecule has 4 unspecified atom stereocenters. The molecule has 100 valence electrons. The molecule has 2 saturated carbocycles. The lowest BCUT2D eigenvalue weighted by Gasteiger charge is -2.18. The van der Waals surface area contributed by atoms with E-state index in [0.717, 1.165) is 23.7 Å². The Balaban J connectivity index is 1.73. The first-order chi connectivity index (χ1) is 9.45. The number of fused-ring (bicyclic) bond motifs is 6. The van der Waals surface area contributed by atoms with E-state index in [0.29, 0.717) is 10.8 Å². The molecule has 4 aliphatic rings. The molecule has 2 fully saturated rings. The first-order valence-corrected chi connectivity index (χ1v) is 8.05. The van der Waals surface area contributed by atoms with Crippen LogP contribution in [0.25, 0.3) is 10.8 Å². The lowest BCUT2D eigenvalue weighted by atomic mass is 9.86. The number of hydrogen-bond donors (Lipinski definition) is 0. The summed E-state index contributed by atoms with van der Waals surface area (Å²) in [6.07, 6.45) is 0. The van der Waals surface area contributed by atoms with Crippen molar-refractivity contribution in [3.8, 4) is 0 Å². The Morgan fingerprint density at radius 1 is 0.550 bits per heavy atom. The largest absolute Gasteiger partial charge is 0.0587 e. The molecule has 4 atom stereocenters. The number of hydrogen-bond acceptors (Lipinski definition) is 0. The fourth-order valence-electron chi connectivity index (χ4n) is 6.24. The zero-order valence-corrected chi connectivity index (χ0v) is 12.6. The van der Waals surface area contributed by atoms with E-state index in [1.54, 1.807) is 33.0 Å². The van der Waals surface area contributed by atoms with Crippen molar-refractivity contribution in [1.82, 2.24) is 0 Å². The van der Waals surface area contributed by atoms with Crippen LogP contribution >= 0.6 is 0 Å². The first-order valence-electron chi connectivity index (χ1n) is 8.05. The maximum absolute atomic E-state index is 2.47. The summed E-state index contributed by atoms with van der Waals surface area (Å²) in [5.41, 5.74) is 7.65. The van der Waals surface area contributed by atoms with Crippen molar-refractivity contribution in [3.63, 3.8) is 0 Å². The Kier molecular flexibility index (Phi) is 1.29. The van der Waals surface area contributed by atoms with E-state index >= 15 is 0 Å². The third-order valence-corrected chi connectivity index (χ3v) is 7.28. The summed E-state index contributed by atoms with van der Waals surface area (Å²) in [4.78, 5) is 0. The van der Waals surface area contributed by atoms with Crippen LogP contribution in [0.5, 0.6) is 0 Å². The van der Waals surface area contributed by atoms with Crippen LogP contribution in [0.1, 0.15) is 73.6 Å². The third-order valence-electron chi connectivity index (χ3n) is 7.28. The van der Waals surface area contributed by atoms with Crippen LogP contribution in [0.15, 0.2) is 24.3 Å². The SMILES string of the molecule is CC1(C)C2c3ccc4c5c(ccc(c35)C21)C1C4C1(C)C. The van der Waals surface area contributed by atoms with E-state index in [-0.39, 0.29) is 0 Å². The van der Waals surface area contributed by atoms with Gasteiger partial charge in [0.05, 0.1) is 0 Å². The standard InChI is InChI=1S/C20H20/c1-19(2)15-9-5-7-11-14-12(18-17(11)20(18,3)4)8-6-10(13(9)14)16(15)19/h5-8,15-18H,1-4H3. The van der Waals surface area contributed by atoms with Gasteiger partial charge in [-0.25, -0.2) is 0 Å². The molecule has 0 heterocycles. The topological polar surface area (TPSA) is 0 Å². The van der Waals surface area contributed by atoms with Crippen molar-refractivity contribution < 1.29 is 0 Å². The average molecular weight is 260 g/mol. The fourth-order valence-corrected chi connectivity index (χ4v) is 6.24. The molecule has 0 bridgehead atoms. The normalized spacial score (nSPS) is 38.8. The van der Waals surface area contributed by atoms with Crippen molar-refractivity contribution in [2.45, 2.75) is 51.4 Å². The molecular weight excluding hydrogens is 240 g/mol. The van der Waals surface area contributed by atoms with Gasteiger partial charge in [0.2, 0.25) is 0 Å². The Hall–Kier alpha value is -1.30. The maximum Gasteiger partial charge on any atom is -0.00239 e. The third kappa shape index (κ3) is 0.779. The van der Waals surface area contributed by atoms with Gasteiger partial charge in [0.15, 0.2) is 0 Å². The molecule has 0 amide bonds. The minimum atomic E-state index is 0.499. The van der Waals surface area contributed by atoms with Crippen molar-refractivity contribution in [2.24, 2.45) is 10.8 Å². The van der Waals surface area contributed by atoms with Crippen molar-refractivity contribution in [3.05, 3.63) is 46.5 Å². The highest BCUT2D eigenvalue weighted by molar-refractivity contribution is 6.02. The number of rotatable bonds is 0. The van der Waals surface area contributed by atoms with Crippen LogP contribution in [-0.4, -0.2) is 0 Å². The van der Waals surface area contributed by atoms with Crippen molar-refractivity contribution >= 4 is 10.8 Å². The minimum absolute atomic E-state index is 0.499. The van der Waals surface area contributed by atoms with E-state index in [2.05, 4.69) is 52.0 Å². The van der Waals surface area contributed by atoms with Gasteiger partial charge < -0.3 is 0 Å². The van der Waals surface area contributed by atoms with E-state index in [9.17, 15) is 0 Å². The highest BCUT2D eigenvalue weighted by Gasteiger charge is 2.66. The maximum atomic E-state index is 2.47. The average Bonchev–Trinajstić information content (AvgIpc) is 2.96. The van der Waals surface area contributed by atoms with Crippen LogP contribution < -0.4 is 0 Å². The van der Waals surface area contributed by atoms with Gasteiger partial charge >= 0.3 is 0 Å². The second kappa shape index (κ2) is 2.47. The molecule has 0 spiro atoms. The highest BCUT2D eigenvalue weighted by Crippen LogP contribution is 2.80. The molecule has 4 aliphatic carbocycles. The predicted octanol–water partition coefficient (Wildman–Crippen LogP) is 5.28. The minimum Gasteiger partial charge on any atom is -0.0587 e. The van der Waals surface area contributed by atoms with Crippen molar-refractivity contribution in [2.75, 3.05) is 0 Å². The van der Waals surface area contributed by atoms with Gasteiger partial charge in [-0.3, -0.25) is 0 Å². The van der Waals surface area contributed by atoms with Gasteiger partial charge in [-0.2, -0.15) is 0 Å². The molecule has 0 saturated heterocycles. The summed E-state index contributed by atoms with van der Waals surface area (Å²) in [7, 11) is 0. The molecule has 2 aromatic rings. The van der Waals surface area contributed by atoms with Gasteiger partial charge in [0.25, 0.3) is 0 Å². The molecule has 0 N–H and O–H groups in total. The van der Waals surface area contributed by atoms with Crippen molar-refractivity contribution in [1.29, 1.82) is 0 Å². The molecule has 0 nitrogen and oxygen atoms in total. The molecule has 0 heteroatoms. The lowest BCUT2D eigenvalue weighted by Crippen LogP contribution is -2.01. The van der Waals surface area contributed by atoms with Crippen LogP contribution in [0, 0.1) is 10.8 Å². The van der Waals surface area contributed by atoms with Gasteiger partial charge in [-0.05, 0) is 67.5 Å². The number of benzene rings is 2. The van der Waals surface area contributed by atoms with Gasteiger partial charge in [-0.15, -0.1) is 0 Å². The first kappa shape index (κ1) is 10.4. The second-order valence-corrected chi connectivity index (χ2v) is 8.79. The Morgan fingerprint density at radius 2 is 0.800 bits per heavy atom. The highest BCUT2D eigenvalue weighted by atomic mass is 14.7. The van der Waals surface area contributed by atoms with E-state index in [1.165, 1.54) is 0 Å². The smallest absolute Gasteiger partial charge is 0.00239 e. The fraction of sp³-hybridized carbons (Fsp3) is 0.500. The van der Waals surface area contributed by atoms with Crippen LogP contribution in [0.4, 0.5) is 0 Å². The summed E-state index contributed by atoms with van der Waals surface area (Å²) in [5.74, 6) is 3.19. The Morgan fingerprint density at radius 3 is 1.05 bits per heavy atom. The monoisotopic (exact) mass is 260 g/mol. The molecule has 0 aliphatic heterocycles. The molecule has 2 aromatic carbocycles. The van der Waals surface area contributed by atoms with E-state index < -0.39 is 0 Å². The van der Waals surface area contributed by atoms with E-state index in [1.807, 2.05) is 0 Å². The summed E-state index contributed by atoms with van der Waals surface area (Å²) >= 11 is 0. The predicted molar refractivity (Wildman–Crippen MR) is 82.5 cm³/mol. The molecule has 6 rings (SSSR count). The Bertz CT molecular complexity index is 703. The molecular formula is C20H20. The summed E-state index contributed by atoms with van der Waals surface area (Å²) in [6, 6.07) is 9.89. The lowest BCUT2D eigenvalue weighted by molar-refractivity contribution is 0.593. The Labute approximate surface area is 120 Å². The quantitative estimate of drug-likeness (QED) is 0.604.